The number of carbonyl (C=O) groups excluding carboxylic acids is 1. The van der Waals surface area contributed by atoms with Crippen LogP contribution in [-0.2, 0) is 4.79 Å². The molecule has 1 atom stereocenters. The van der Waals surface area contributed by atoms with Gasteiger partial charge in [-0.1, -0.05) is 56.2 Å². The Bertz CT molecular complexity index is 464. The maximum atomic E-state index is 12.8. The zero-order valence-corrected chi connectivity index (χ0v) is 15.3. The molecule has 0 saturated heterocycles. The van der Waals surface area contributed by atoms with E-state index < -0.39 is 0 Å². The summed E-state index contributed by atoms with van der Waals surface area (Å²) in [6.45, 7) is 15.0. The Morgan fingerprint density at radius 1 is 1.18 bits per heavy atom. The summed E-state index contributed by atoms with van der Waals surface area (Å²) in [7, 11) is 0. The largest absolute Gasteiger partial charge is 0.299 e. The van der Waals surface area contributed by atoms with E-state index in [0.29, 0.717) is 18.1 Å². The molecule has 0 aromatic heterocycles. The van der Waals surface area contributed by atoms with E-state index in [0.717, 1.165) is 38.5 Å². The summed E-state index contributed by atoms with van der Waals surface area (Å²) in [6.07, 6.45) is 11.2. The molecule has 0 fully saturated rings. The second-order valence-electron chi connectivity index (χ2n) is 7.64. The van der Waals surface area contributed by atoms with Gasteiger partial charge in [-0.05, 0) is 58.3 Å². The highest BCUT2D eigenvalue weighted by atomic mass is 16.1. The molecule has 0 aromatic rings. The van der Waals surface area contributed by atoms with E-state index in [1.165, 1.54) is 16.7 Å². The quantitative estimate of drug-likeness (QED) is 0.548. The van der Waals surface area contributed by atoms with Crippen molar-refractivity contribution in [3.05, 3.63) is 35.5 Å². The molecule has 124 valence electrons. The minimum atomic E-state index is -0.232. The van der Waals surface area contributed by atoms with Crippen LogP contribution < -0.4 is 0 Å². The first-order chi connectivity index (χ1) is 10.2. The Labute approximate surface area is 137 Å². The maximum Gasteiger partial charge on any atom is 0.139 e. The summed E-state index contributed by atoms with van der Waals surface area (Å²) in [5, 5.41) is 0. The smallest absolute Gasteiger partial charge is 0.139 e. The molecule has 0 amide bonds. The average molecular weight is 303 g/mol. The highest BCUT2D eigenvalue weighted by Crippen LogP contribution is 2.35. The minimum absolute atomic E-state index is 0.232. The molecule has 1 aliphatic rings. The molecule has 0 bridgehead atoms. The number of carbonyl (C=O) groups is 1. The standard InChI is InChI=1S/C21H34O/c1-16(2)19(5)13-15-21(6)14-12-18(4)9-7-8-17(3)10-11-20(21)22/h8,12,16H,5,7,9-11,13-15H2,1-4,6H3/b17-8+,18-12+. The van der Waals surface area contributed by atoms with Gasteiger partial charge in [-0.15, -0.1) is 0 Å². The first-order valence-corrected chi connectivity index (χ1v) is 8.77. The average Bonchev–Trinajstić information content (AvgIpc) is 2.48. The van der Waals surface area contributed by atoms with Gasteiger partial charge in [0.25, 0.3) is 0 Å². The van der Waals surface area contributed by atoms with E-state index in [2.05, 4.69) is 53.3 Å². The number of hydrogen-bond acceptors (Lipinski definition) is 1. The summed E-state index contributed by atoms with van der Waals surface area (Å²) in [5.41, 5.74) is 3.80. The third-order valence-corrected chi connectivity index (χ3v) is 5.17. The van der Waals surface area contributed by atoms with Crippen LogP contribution in [0.2, 0.25) is 0 Å². The predicted octanol–water partition coefficient (Wildman–Crippen LogP) is 6.41. The fourth-order valence-electron chi connectivity index (χ4n) is 2.84. The van der Waals surface area contributed by atoms with Gasteiger partial charge in [0.1, 0.15) is 5.78 Å². The normalized spacial score (nSPS) is 29.3. The van der Waals surface area contributed by atoms with Gasteiger partial charge in [0, 0.05) is 11.8 Å². The minimum Gasteiger partial charge on any atom is -0.299 e. The van der Waals surface area contributed by atoms with Crippen molar-refractivity contribution in [1.29, 1.82) is 0 Å². The number of rotatable bonds is 4. The molecule has 1 aliphatic carbocycles. The van der Waals surface area contributed by atoms with Gasteiger partial charge < -0.3 is 0 Å². The molecular formula is C21H34O. The zero-order chi connectivity index (χ0) is 16.8. The van der Waals surface area contributed by atoms with E-state index in [1.807, 2.05) is 0 Å². The Morgan fingerprint density at radius 2 is 1.82 bits per heavy atom. The van der Waals surface area contributed by atoms with Crippen molar-refractivity contribution in [3.63, 3.8) is 0 Å². The molecule has 1 heteroatoms. The number of hydrogen-bond donors (Lipinski definition) is 0. The van der Waals surface area contributed by atoms with Crippen LogP contribution in [-0.4, -0.2) is 5.78 Å². The van der Waals surface area contributed by atoms with Crippen LogP contribution in [0.3, 0.4) is 0 Å². The summed E-state index contributed by atoms with van der Waals surface area (Å²) in [6, 6.07) is 0. The lowest BCUT2D eigenvalue weighted by molar-refractivity contribution is -0.128. The first-order valence-electron chi connectivity index (χ1n) is 8.77. The van der Waals surface area contributed by atoms with Gasteiger partial charge >= 0.3 is 0 Å². The van der Waals surface area contributed by atoms with Crippen LogP contribution in [0.25, 0.3) is 0 Å². The van der Waals surface area contributed by atoms with E-state index in [-0.39, 0.29) is 5.41 Å². The van der Waals surface area contributed by atoms with Gasteiger partial charge in [0.2, 0.25) is 0 Å². The van der Waals surface area contributed by atoms with Crippen molar-refractivity contribution in [2.75, 3.05) is 0 Å². The first kappa shape index (κ1) is 18.9. The van der Waals surface area contributed by atoms with E-state index in [4.69, 9.17) is 0 Å². The van der Waals surface area contributed by atoms with Gasteiger partial charge in [-0.3, -0.25) is 4.79 Å². The molecule has 0 N–H and O–H groups in total. The molecule has 0 saturated carbocycles. The SMILES string of the molecule is C=C(CCC1(C)C/C=C(\C)CC/C=C(\C)CCC1=O)C(C)C. The van der Waals surface area contributed by atoms with Crippen LogP contribution in [0.1, 0.15) is 79.6 Å². The second kappa shape index (κ2) is 8.50. The molecular weight excluding hydrogens is 268 g/mol. The lowest BCUT2D eigenvalue weighted by Gasteiger charge is -2.28. The van der Waals surface area contributed by atoms with Gasteiger partial charge in [-0.2, -0.15) is 0 Å². The number of Topliss-reactive ketones (excluding diaryl/α,β-unsaturated/α-hetero) is 1. The molecule has 0 heterocycles. The molecule has 1 nitrogen and oxygen atoms in total. The molecule has 0 aromatic carbocycles. The van der Waals surface area contributed by atoms with Gasteiger partial charge in [0.15, 0.2) is 0 Å². The summed E-state index contributed by atoms with van der Waals surface area (Å²) in [4.78, 5) is 12.8. The third kappa shape index (κ3) is 5.94. The summed E-state index contributed by atoms with van der Waals surface area (Å²) < 4.78 is 0. The lowest BCUT2D eigenvalue weighted by Crippen LogP contribution is -2.28. The highest BCUT2D eigenvalue weighted by Gasteiger charge is 2.31. The van der Waals surface area contributed by atoms with Gasteiger partial charge in [0.05, 0.1) is 0 Å². The number of allylic oxidation sites excluding steroid dienone is 5. The van der Waals surface area contributed by atoms with Crippen molar-refractivity contribution in [2.24, 2.45) is 11.3 Å². The van der Waals surface area contributed by atoms with Crippen molar-refractivity contribution in [1.82, 2.24) is 0 Å². The van der Waals surface area contributed by atoms with Gasteiger partial charge in [-0.25, -0.2) is 0 Å². The number of ketones is 1. The Balaban J connectivity index is 2.88. The molecule has 1 rings (SSSR count). The Kier molecular flexibility index (Phi) is 7.32. The van der Waals surface area contributed by atoms with E-state index in [1.54, 1.807) is 0 Å². The molecule has 0 radical (unpaired) electrons. The van der Waals surface area contributed by atoms with Crippen LogP contribution in [0.5, 0.6) is 0 Å². The second-order valence-corrected chi connectivity index (χ2v) is 7.64. The van der Waals surface area contributed by atoms with Crippen molar-refractivity contribution < 1.29 is 4.79 Å². The summed E-state index contributed by atoms with van der Waals surface area (Å²) in [5.74, 6) is 0.923. The Hall–Kier alpha value is -1.11. The van der Waals surface area contributed by atoms with E-state index in [9.17, 15) is 4.79 Å². The van der Waals surface area contributed by atoms with Crippen molar-refractivity contribution in [2.45, 2.75) is 79.6 Å². The molecule has 0 spiro atoms. The Morgan fingerprint density at radius 3 is 2.45 bits per heavy atom. The molecule has 1 unspecified atom stereocenters. The van der Waals surface area contributed by atoms with E-state index >= 15 is 0 Å². The topological polar surface area (TPSA) is 17.1 Å². The zero-order valence-electron chi connectivity index (χ0n) is 15.3. The predicted molar refractivity (Wildman–Crippen MR) is 96.9 cm³/mol. The van der Waals surface area contributed by atoms with Crippen LogP contribution in [0.4, 0.5) is 0 Å². The molecule has 22 heavy (non-hydrogen) atoms. The third-order valence-electron chi connectivity index (χ3n) is 5.17. The van der Waals surface area contributed by atoms with Crippen LogP contribution in [0.15, 0.2) is 35.5 Å². The fraction of sp³-hybridized carbons (Fsp3) is 0.667. The van der Waals surface area contributed by atoms with Crippen LogP contribution in [0, 0.1) is 11.3 Å². The fourth-order valence-corrected chi connectivity index (χ4v) is 2.84. The lowest BCUT2D eigenvalue weighted by atomic mass is 9.74. The van der Waals surface area contributed by atoms with Crippen LogP contribution >= 0.6 is 0 Å². The van der Waals surface area contributed by atoms with Crippen molar-refractivity contribution >= 4 is 5.78 Å². The molecule has 0 aliphatic heterocycles. The maximum absolute atomic E-state index is 12.8. The monoisotopic (exact) mass is 302 g/mol. The van der Waals surface area contributed by atoms with Crippen molar-refractivity contribution in [3.8, 4) is 0 Å². The summed E-state index contributed by atoms with van der Waals surface area (Å²) >= 11 is 0. The highest BCUT2D eigenvalue weighted by molar-refractivity contribution is 5.84.